The minimum absolute atomic E-state index is 0.0342. The van der Waals surface area contributed by atoms with Gasteiger partial charge in [0.05, 0.1) is 22.5 Å². The van der Waals surface area contributed by atoms with Crippen LogP contribution in [0.1, 0.15) is 78.9 Å². The monoisotopic (exact) mass is 694 g/mol. The second kappa shape index (κ2) is 16.5. The third-order valence-electron chi connectivity index (χ3n) is 7.98. The van der Waals surface area contributed by atoms with Crippen molar-refractivity contribution >= 4 is 46.8 Å². The van der Waals surface area contributed by atoms with Gasteiger partial charge in [0, 0.05) is 45.2 Å². The molecule has 0 radical (unpaired) electrons. The molecule has 0 bridgehead atoms. The molecule has 0 aliphatic carbocycles. The molecule has 4 amide bonds. The van der Waals surface area contributed by atoms with E-state index >= 15 is 0 Å². The van der Waals surface area contributed by atoms with Crippen molar-refractivity contribution in [1.82, 2.24) is 9.80 Å². The van der Waals surface area contributed by atoms with Crippen LogP contribution in [0.15, 0.2) is 91.0 Å². The predicted molar refractivity (Wildman–Crippen MR) is 187 cm³/mol. The lowest BCUT2D eigenvalue weighted by Gasteiger charge is -2.20. The van der Waals surface area contributed by atoms with E-state index in [4.69, 9.17) is 4.74 Å². The Labute approximate surface area is 294 Å². The molecule has 0 atom stereocenters. The fourth-order valence-electron chi connectivity index (χ4n) is 5.16. The van der Waals surface area contributed by atoms with Crippen molar-refractivity contribution in [2.45, 2.75) is 40.5 Å². The maximum atomic E-state index is 13.4. The third kappa shape index (κ3) is 9.29. The Bertz CT molecular complexity index is 1990. The van der Waals surface area contributed by atoms with E-state index in [-0.39, 0.29) is 65.0 Å². The number of carbonyl (C=O) groups is 6. The number of Topliss-reactive ketones (excluding diaryl/α,β-unsaturated/α-hetero) is 2. The van der Waals surface area contributed by atoms with Crippen LogP contribution in [0.2, 0.25) is 0 Å². The molecule has 13 nitrogen and oxygen atoms in total. The van der Waals surface area contributed by atoms with Gasteiger partial charge in [-0.2, -0.15) is 10.1 Å². The SMILES string of the molecule is CC(=O)c1ccccc1C(=O)N(O)c1cccc(CN(C)C(=O)OCc2ccc(C(C)=O)c(C(=O)N(O)c3cccc(CN(C)C(C)=O)c3)c2)c1. The standard InChI is InChI=1S/C38H38N4O9/c1-24(43)32-14-6-7-15-34(32)36(46)41(49)30-12-9-11-28(19-30)22-40(5)38(48)51-23-29-16-17-33(25(2)44)35(20-29)37(47)42(50)31-13-8-10-27(18-31)21-39(4)26(3)45/h6-20,49-50H,21-23H2,1-5H3. The maximum absolute atomic E-state index is 13.4. The molecule has 0 saturated heterocycles. The molecule has 264 valence electrons. The zero-order chi connectivity index (χ0) is 37.4. The van der Waals surface area contributed by atoms with E-state index in [1.54, 1.807) is 49.5 Å². The van der Waals surface area contributed by atoms with Gasteiger partial charge in [0.1, 0.15) is 6.61 Å². The summed E-state index contributed by atoms with van der Waals surface area (Å²) >= 11 is 0. The lowest BCUT2D eigenvalue weighted by molar-refractivity contribution is -0.128. The Morgan fingerprint density at radius 1 is 0.549 bits per heavy atom. The van der Waals surface area contributed by atoms with Crippen LogP contribution in [0.3, 0.4) is 0 Å². The van der Waals surface area contributed by atoms with Gasteiger partial charge in [-0.3, -0.25) is 34.4 Å². The van der Waals surface area contributed by atoms with Crippen LogP contribution < -0.4 is 10.1 Å². The summed E-state index contributed by atoms with van der Waals surface area (Å²) in [7, 11) is 3.11. The quantitative estimate of drug-likeness (QED) is 0.104. The topological polar surface area (TPSA) is 165 Å². The van der Waals surface area contributed by atoms with E-state index < -0.39 is 23.7 Å². The van der Waals surface area contributed by atoms with Crippen LogP contribution >= 0.6 is 0 Å². The van der Waals surface area contributed by atoms with Gasteiger partial charge in [-0.15, -0.1) is 0 Å². The van der Waals surface area contributed by atoms with Crippen LogP contribution in [-0.2, 0) is 29.2 Å². The van der Waals surface area contributed by atoms with Crippen LogP contribution in [-0.4, -0.2) is 69.7 Å². The van der Waals surface area contributed by atoms with Crippen molar-refractivity contribution in [3.63, 3.8) is 0 Å². The zero-order valence-electron chi connectivity index (χ0n) is 28.8. The molecule has 0 unspecified atom stereocenters. The number of nitrogens with zero attached hydrogens (tertiary/aromatic N) is 4. The number of hydrogen-bond acceptors (Lipinski definition) is 9. The highest BCUT2D eigenvalue weighted by atomic mass is 16.6. The molecule has 0 fully saturated rings. The van der Waals surface area contributed by atoms with E-state index in [0.29, 0.717) is 26.8 Å². The molecule has 4 rings (SSSR count). The Balaban J connectivity index is 1.44. The molecule has 13 heteroatoms. The molecule has 0 aliphatic rings. The summed E-state index contributed by atoms with van der Waals surface area (Å²) in [6, 6.07) is 23.2. The highest BCUT2D eigenvalue weighted by Gasteiger charge is 2.24. The van der Waals surface area contributed by atoms with Gasteiger partial charge in [0.25, 0.3) is 11.8 Å². The van der Waals surface area contributed by atoms with Crippen molar-refractivity contribution in [2.75, 3.05) is 24.2 Å². The van der Waals surface area contributed by atoms with Gasteiger partial charge >= 0.3 is 6.09 Å². The lowest BCUT2D eigenvalue weighted by atomic mass is 10.0. The average molecular weight is 695 g/mol. The van der Waals surface area contributed by atoms with Gasteiger partial charge in [0.15, 0.2) is 11.6 Å². The van der Waals surface area contributed by atoms with Crippen LogP contribution in [0, 0.1) is 0 Å². The van der Waals surface area contributed by atoms with E-state index in [1.807, 2.05) is 0 Å². The summed E-state index contributed by atoms with van der Waals surface area (Å²) < 4.78 is 5.46. The molecule has 51 heavy (non-hydrogen) atoms. The number of rotatable bonds is 12. The summed E-state index contributed by atoms with van der Waals surface area (Å²) in [6.07, 6.45) is -0.729. The van der Waals surface area contributed by atoms with Gasteiger partial charge in [-0.25, -0.2) is 4.79 Å². The van der Waals surface area contributed by atoms with Crippen LogP contribution in [0.25, 0.3) is 0 Å². The summed E-state index contributed by atoms with van der Waals surface area (Å²) in [5, 5.41) is 22.4. The third-order valence-corrected chi connectivity index (χ3v) is 7.98. The van der Waals surface area contributed by atoms with E-state index in [1.165, 1.54) is 86.1 Å². The second-order valence-corrected chi connectivity index (χ2v) is 11.9. The summed E-state index contributed by atoms with van der Waals surface area (Å²) in [6.45, 7) is 4.05. The normalized spacial score (nSPS) is 10.6. The number of hydroxylamine groups is 2. The molecule has 0 aromatic heterocycles. The second-order valence-electron chi connectivity index (χ2n) is 11.9. The van der Waals surface area contributed by atoms with Crippen molar-refractivity contribution in [2.24, 2.45) is 0 Å². The molecular formula is C38H38N4O9. The molecule has 4 aromatic carbocycles. The average Bonchev–Trinajstić information content (AvgIpc) is 3.12. The Hall–Kier alpha value is -6.18. The number of ether oxygens (including phenoxy) is 1. The zero-order valence-corrected chi connectivity index (χ0v) is 28.8. The molecule has 2 N–H and O–H groups in total. The first-order valence-corrected chi connectivity index (χ1v) is 15.8. The molecule has 0 heterocycles. The van der Waals surface area contributed by atoms with Crippen molar-refractivity contribution in [3.05, 3.63) is 130 Å². The van der Waals surface area contributed by atoms with Crippen molar-refractivity contribution in [1.29, 1.82) is 0 Å². The number of anilines is 2. The van der Waals surface area contributed by atoms with Gasteiger partial charge in [-0.1, -0.05) is 54.6 Å². The Morgan fingerprint density at radius 3 is 1.57 bits per heavy atom. The number of hydrogen-bond donors (Lipinski definition) is 2. The first-order valence-electron chi connectivity index (χ1n) is 15.8. The maximum Gasteiger partial charge on any atom is 0.410 e. The first-order chi connectivity index (χ1) is 24.2. The van der Waals surface area contributed by atoms with Gasteiger partial charge in [-0.05, 0) is 66.9 Å². The summed E-state index contributed by atoms with van der Waals surface area (Å²) in [4.78, 5) is 78.1. The fraction of sp³-hybridized carbons (Fsp3) is 0.211. The Morgan fingerprint density at radius 2 is 1.04 bits per heavy atom. The van der Waals surface area contributed by atoms with Crippen molar-refractivity contribution in [3.8, 4) is 0 Å². The number of benzene rings is 4. The summed E-state index contributed by atoms with van der Waals surface area (Å²) in [5.74, 6) is -2.58. The first kappa shape index (κ1) is 37.6. The largest absolute Gasteiger partial charge is 0.445 e. The number of carbonyl (C=O) groups excluding carboxylic acids is 6. The van der Waals surface area contributed by atoms with Crippen LogP contribution in [0.4, 0.5) is 16.2 Å². The Kier molecular flexibility index (Phi) is 12.2. The van der Waals surface area contributed by atoms with E-state index in [0.717, 1.165) is 0 Å². The molecule has 0 spiro atoms. The van der Waals surface area contributed by atoms with Gasteiger partial charge < -0.3 is 14.5 Å². The number of amides is 4. The van der Waals surface area contributed by atoms with E-state index in [9.17, 15) is 39.2 Å². The number of ketones is 2. The summed E-state index contributed by atoms with van der Waals surface area (Å²) in [5.41, 5.74) is 1.99. The highest BCUT2D eigenvalue weighted by Crippen LogP contribution is 2.23. The molecule has 0 saturated carbocycles. The minimum Gasteiger partial charge on any atom is -0.445 e. The minimum atomic E-state index is -0.886. The lowest BCUT2D eigenvalue weighted by Crippen LogP contribution is -2.29. The van der Waals surface area contributed by atoms with Gasteiger partial charge in [0.2, 0.25) is 5.91 Å². The van der Waals surface area contributed by atoms with E-state index in [2.05, 4.69) is 0 Å². The highest BCUT2D eigenvalue weighted by molar-refractivity contribution is 6.13. The molecular weight excluding hydrogens is 656 g/mol. The van der Waals surface area contributed by atoms with Crippen LogP contribution in [0.5, 0.6) is 0 Å². The smallest absolute Gasteiger partial charge is 0.410 e. The predicted octanol–water partition coefficient (Wildman–Crippen LogP) is 5.91. The fourth-order valence-corrected chi connectivity index (χ4v) is 5.16. The van der Waals surface area contributed by atoms with Crippen molar-refractivity contribution < 1.29 is 43.9 Å². The molecule has 0 aliphatic heterocycles. The molecule has 4 aromatic rings.